The van der Waals surface area contributed by atoms with Crippen LogP contribution in [0.2, 0.25) is 0 Å². The molecule has 1 aliphatic rings. The Morgan fingerprint density at radius 3 is 2.78 bits per heavy atom. The van der Waals surface area contributed by atoms with Crippen molar-refractivity contribution in [3.05, 3.63) is 76.0 Å². The largest absolute Gasteiger partial charge is 0.477 e. The summed E-state index contributed by atoms with van der Waals surface area (Å²) in [6, 6.07) is 13.0. The highest BCUT2D eigenvalue weighted by Crippen LogP contribution is 2.22. The van der Waals surface area contributed by atoms with Crippen LogP contribution >= 0.6 is 11.3 Å². The van der Waals surface area contributed by atoms with E-state index >= 15 is 0 Å². The molecule has 2 N–H and O–H groups in total. The molecule has 0 radical (unpaired) electrons. The van der Waals surface area contributed by atoms with E-state index in [0.29, 0.717) is 24.3 Å². The zero-order valence-corrected chi connectivity index (χ0v) is 18.8. The second-order valence-electron chi connectivity index (χ2n) is 7.79. The molecular formula is C26H27NO4S. The van der Waals surface area contributed by atoms with Crippen LogP contribution in [0.3, 0.4) is 0 Å². The molecular weight excluding hydrogens is 422 g/mol. The Bertz CT molecular complexity index is 1040. The number of hydrogen-bond acceptors (Lipinski definition) is 4. The predicted octanol–water partition coefficient (Wildman–Crippen LogP) is 4.45. The second kappa shape index (κ2) is 11.5. The second-order valence-corrected chi connectivity index (χ2v) is 8.90. The number of thiophene rings is 1. The van der Waals surface area contributed by atoms with E-state index < -0.39 is 12.1 Å². The molecule has 1 unspecified atom stereocenters. The number of rotatable bonds is 8. The lowest BCUT2D eigenvalue weighted by Gasteiger charge is -2.21. The van der Waals surface area contributed by atoms with Gasteiger partial charge < -0.3 is 15.1 Å². The van der Waals surface area contributed by atoms with Crippen LogP contribution in [-0.2, 0) is 4.79 Å². The van der Waals surface area contributed by atoms with E-state index in [0.717, 1.165) is 16.9 Å². The van der Waals surface area contributed by atoms with Crippen molar-refractivity contribution in [2.75, 3.05) is 6.54 Å². The number of amides is 1. The lowest BCUT2D eigenvalue weighted by atomic mass is 9.99. The number of likely N-dealkylation sites (tertiary alicyclic amines) is 1. The SMILES string of the molecule is CC(CC#Cc1ccccc1)[C@@H](O)/C=C\[C@H]1CCC(=O)N1CC=Cc1ccc(C(=O)O)s1. The standard InChI is InChI=1S/C26H27NO4S/c1-19(7-5-10-20-8-3-2-4-9-20)23(28)15-12-21-13-17-25(29)27(21)18-6-11-22-14-16-24(32-22)26(30)31/h2-4,6,8-9,11-12,14-16,19,21,23,28H,7,13,17-18H2,1H3,(H,30,31)/b11-6?,15-12-/t19?,21-,23-/m0/s1. The van der Waals surface area contributed by atoms with Crippen molar-refractivity contribution in [2.45, 2.75) is 38.3 Å². The number of carboxylic acid groups (broad SMARTS) is 1. The maximum absolute atomic E-state index is 12.3. The van der Waals surface area contributed by atoms with Gasteiger partial charge in [-0.15, -0.1) is 11.3 Å². The van der Waals surface area contributed by atoms with Crippen molar-refractivity contribution in [3.63, 3.8) is 0 Å². The number of hydrogen-bond donors (Lipinski definition) is 2. The molecule has 1 saturated heterocycles. The van der Waals surface area contributed by atoms with Crippen molar-refractivity contribution >= 4 is 29.3 Å². The molecule has 1 aromatic carbocycles. The van der Waals surface area contributed by atoms with Crippen molar-refractivity contribution in [3.8, 4) is 11.8 Å². The van der Waals surface area contributed by atoms with Crippen LogP contribution < -0.4 is 0 Å². The van der Waals surface area contributed by atoms with Crippen LogP contribution in [0.5, 0.6) is 0 Å². The topological polar surface area (TPSA) is 77.8 Å². The minimum atomic E-state index is -0.937. The summed E-state index contributed by atoms with van der Waals surface area (Å²) >= 11 is 1.20. The van der Waals surface area contributed by atoms with E-state index in [4.69, 9.17) is 5.11 Å². The Balaban J connectivity index is 1.52. The van der Waals surface area contributed by atoms with Gasteiger partial charge in [0.05, 0.1) is 12.1 Å². The summed E-state index contributed by atoms with van der Waals surface area (Å²) in [5, 5.41) is 19.5. The van der Waals surface area contributed by atoms with Gasteiger partial charge in [0, 0.05) is 29.8 Å². The van der Waals surface area contributed by atoms with E-state index in [1.807, 2.05) is 55.5 Å². The first kappa shape index (κ1) is 23.5. The van der Waals surface area contributed by atoms with E-state index in [2.05, 4.69) is 11.8 Å². The van der Waals surface area contributed by atoms with Crippen LogP contribution in [0.25, 0.3) is 6.08 Å². The Morgan fingerprint density at radius 2 is 2.06 bits per heavy atom. The number of nitrogens with zero attached hydrogens (tertiary/aromatic N) is 1. The van der Waals surface area contributed by atoms with Crippen molar-refractivity contribution in [1.82, 2.24) is 4.90 Å². The maximum atomic E-state index is 12.3. The van der Waals surface area contributed by atoms with Crippen LogP contribution in [0.1, 0.15) is 46.3 Å². The summed E-state index contributed by atoms with van der Waals surface area (Å²) in [5.41, 5.74) is 0.958. The first-order chi connectivity index (χ1) is 15.4. The molecule has 1 aromatic heterocycles. The number of carboxylic acids is 1. The van der Waals surface area contributed by atoms with E-state index in [-0.39, 0.29) is 17.9 Å². The predicted molar refractivity (Wildman–Crippen MR) is 127 cm³/mol. The Morgan fingerprint density at radius 1 is 1.28 bits per heavy atom. The smallest absolute Gasteiger partial charge is 0.345 e. The fraction of sp³-hybridized carbons (Fsp3) is 0.308. The van der Waals surface area contributed by atoms with Gasteiger partial charge in [0.25, 0.3) is 0 Å². The number of aromatic carboxylic acids is 1. The highest BCUT2D eigenvalue weighted by atomic mass is 32.1. The number of carbonyl (C=O) groups is 2. The summed E-state index contributed by atoms with van der Waals surface area (Å²) in [5.74, 6) is 5.36. The minimum Gasteiger partial charge on any atom is -0.477 e. The Labute approximate surface area is 192 Å². The normalized spacial score (nSPS) is 18.1. The molecule has 6 heteroatoms. The van der Waals surface area contributed by atoms with Gasteiger partial charge in [-0.05, 0) is 42.7 Å². The monoisotopic (exact) mass is 449 g/mol. The third-order valence-electron chi connectivity index (χ3n) is 5.34. The van der Waals surface area contributed by atoms with Gasteiger partial charge >= 0.3 is 5.97 Å². The average Bonchev–Trinajstić information content (AvgIpc) is 3.40. The summed E-state index contributed by atoms with van der Waals surface area (Å²) in [6.07, 6.45) is 8.56. The Hall–Kier alpha value is -3.14. The van der Waals surface area contributed by atoms with E-state index in [1.165, 1.54) is 11.3 Å². The molecule has 3 rings (SSSR count). The molecule has 166 valence electrons. The molecule has 32 heavy (non-hydrogen) atoms. The van der Waals surface area contributed by atoms with Gasteiger partial charge in [-0.2, -0.15) is 0 Å². The molecule has 2 aromatic rings. The molecule has 1 amide bonds. The number of carbonyl (C=O) groups excluding carboxylic acids is 1. The van der Waals surface area contributed by atoms with Gasteiger partial charge in [-0.3, -0.25) is 4.79 Å². The maximum Gasteiger partial charge on any atom is 0.345 e. The van der Waals surface area contributed by atoms with Crippen LogP contribution in [0, 0.1) is 17.8 Å². The van der Waals surface area contributed by atoms with E-state index in [9.17, 15) is 14.7 Å². The van der Waals surface area contributed by atoms with Crippen LogP contribution in [0.4, 0.5) is 0 Å². The molecule has 1 aliphatic heterocycles. The fourth-order valence-electron chi connectivity index (χ4n) is 3.42. The Kier molecular flexibility index (Phi) is 8.43. The first-order valence-corrected chi connectivity index (χ1v) is 11.4. The van der Waals surface area contributed by atoms with E-state index in [1.54, 1.807) is 23.1 Å². The lowest BCUT2D eigenvalue weighted by Crippen LogP contribution is -2.32. The van der Waals surface area contributed by atoms with Gasteiger partial charge in [-0.25, -0.2) is 4.79 Å². The molecule has 2 heterocycles. The van der Waals surface area contributed by atoms with Crippen LogP contribution in [0.15, 0.2) is 60.7 Å². The fourth-order valence-corrected chi connectivity index (χ4v) is 4.20. The lowest BCUT2D eigenvalue weighted by molar-refractivity contribution is -0.127. The average molecular weight is 450 g/mol. The molecule has 3 atom stereocenters. The molecule has 0 aliphatic carbocycles. The molecule has 1 fully saturated rings. The van der Waals surface area contributed by atoms with Crippen molar-refractivity contribution in [2.24, 2.45) is 5.92 Å². The van der Waals surface area contributed by atoms with Gasteiger partial charge in [-0.1, -0.05) is 55.2 Å². The highest BCUT2D eigenvalue weighted by Gasteiger charge is 2.28. The number of aliphatic hydroxyl groups excluding tert-OH is 1. The summed E-state index contributed by atoms with van der Waals surface area (Å²) < 4.78 is 0. The van der Waals surface area contributed by atoms with Gasteiger partial charge in [0.1, 0.15) is 4.88 Å². The molecule has 5 nitrogen and oxygen atoms in total. The number of benzene rings is 1. The van der Waals surface area contributed by atoms with Crippen molar-refractivity contribution < 1.29 is 19.8 Å². The molecule has 0 spiro atoms. The highest BCUT2D eigenvalue weighted by molar-refractivity contribution is 7.14. The third kappa shape index (κ3) is 6.68. The summed E-state index contributed by atoms with van der Waals surface area (Å²) in [6.45, 7) is 2.41. The van der Waals surface area contributed by atoms with Crippen molar-refractivity contribution in [1.29, 1.82) is 0 Å². The van der Waals surface area contributed by atoms with Gasteiger partial charge in [0.15, 0.2) is 0 Å². The van der Waals surface area contributed by atoms with Gasteiger partial charge in [0.2, 0.25) is 5.91 Å². The zero-order valence-electron chi connectivity index (χ0n) is 18.0. The van der Waals surface area contributed by atoms with Crippen LogP contribution in [-0.4, -0.2) is 45.7 Å². The quantitative estimate of drug-likeness (QED) is 0.461. The first-order valence-electron chi connectivity index (χ1n) is 10.6. The minimum absolute atomic E-state index is 0.0184. The molecule has 0 bridgehead atoms. The number of aliphatic hydroxyl groups is 1. The molecule has 0 saturated carbocycles. The zero-order chi connectivity index (χ0) is 22.9. The summed E-state index contributed by atoms with van der Waals surface area (Å²) in [7, 11) is 0. The summed E-state index contributed by atoms with van der Waals surface area (Å²) in [4.78, 5) is 26.2. The third-order valence-corrected chi connectivity index (χ3v) is 6.38.